The van der Waals surface area contributed by atoms with Crippen molar-refractivity contribution in [3.63, 3.8) is 0 Å². The van der Waals surface area contributed by atoms with E-state index in [2.05, 4.69) is 15.5 Å². The first-order valence-electron chi connectivity index (χ1n) is 6.57. The number of carbonyl (C=O) groups is 1. The average molecular weight is 359 g/mol. The number of aromatic nitrogens is 2. The molecule has 0 bridgehead atoms. The molecule has 2 rings (SSSR count). The predicted octanol–water partition coefficient (Wildman–Crippen LogP) is 3.40. The number of H-pyrrole nitrogens is 1. The molecule has 0 aliphatic heterocycles. The molecule has 5 nitrogen and oxygen atoms in total. The summed E-state index contributed by atoms with van der Waals surface area (Å²) >= 11 is 13.6. The molecule has 0 unspecified atom stereocenters. The van der Waals surface area contributed by atoms with Gasteiger partial charge in [0.1, 0.15) is 0 Å². The second kappa shape index (κ2) is 7.87. The third-order valence-electron chi connectivity index (χ3n) is 2.97. The Bertz CT molecular complexity index is 642. The molecule has 118 valence electrons. The van der Waals surface area contributed by atoms with E-state index >= 15 is 0 Å². The highest BCUT2D eigenvalue weighted by atomic mass is 35.5. The number of nitrogens with zero attached hydrogens (tertiary/aromatic N) is 1. The number of nitrogens with two attached hydrogens (primary N) is 1. The lowest BCUT2D eigenvalue weighted by atomic mass is 10.1. The van der Waals surface area contributed by atoms with Gasteiger partial charge in [-0.1, -0.05) is 23.2 Å². The Morgan fingerprint density at radius 1 is 1.36 bits per heavy atom. The van der Waals surface area contributed by atoms with Crippen LogP contribution in [-0.4, -0.2) is 34.2 Å². The van der Waals surface area contributed by atoms with Gasteiger partial charge in [-0.3, -0.25) is 9.89 Å². The fourth-order valence-electron chi connectivity index (χ4n) is 1.84. The number of hydrogen-bond donors (Lipinski definition) is 3. The number of thioether (sulfide) groups is 1. The van der Waals surface area contributed by atoms with Crippen LogP contribution in [0.3, 0.4) is 0 Å². The average Bonchev–Trinajstić information content (AvgIpc) is 2.92. The minimum atomic E-state index is -0.548. The lowest BCUT2D eigenvalue weighted by Crippen LogP contribution is -2.36. The van der Waals surface area contributed by atoms with Gasteiger partial charge in [-0.25, -0.2) is 0 Å². The maximum Gasteiger partial charge on any atom is 0.242 e. The van der Waals surface area contributed by atoms with Crippen LogP contribution in [0, 0.1) is 0 Å². The van der Waals surface area contributed by atoms with E-state index in [1.54, 1.807) is 36.0 Å². The number of halogens is 2. The highest BCUT2D eigenvalue weighted by Crippen LogP contribution is 2.27. The van der Waals surface area contributed by atoms with Crippen molar-refractivity contribution < 1.29 is 4.79 Å². The van der Waals surface area contributed by atoms with E-state index in [1.807, 2.05) is 6.26 Å². The van der Waals surface area contributed by atoms with E-state index in [-0.39, 0.29) is 5.91 Å². The molecule has 2 aromatic rings. The summed E-state index contributed by atoms with van der Waals surface area (Å²) in [6.07, 6.45) is 2.59. The lowest BCUT2D eigenvalue weighted by molar-refractivity contribution is -0.117. The van der Waals surface area contributed by atoms with Gasteiger partial charge in [0.25, 0.3) is 0 Å². The van der Waals surface area contributed by atoms with Crippen LogP contribution in [0.1, 0.15) is 6.42 Å². The van der Waals surface area contributed by atoms with Gasteiger partial charge in [-0.15, -0.1) is 0 Å². The number of rotatable bonds is 6. The maximum atomic E-state index is 11.9. The van der Waals surface area contributed by atoms with Gasteiger partial charge in [-0.05, 0) is 36.6 Å². The summed E-state index contributed by atoms with van der Waals surface area (Å²) in [7, 11) is 0. The Labute approximate surface area is 142 Å². The van der Waals surface area contributed by atoms with E-state index in [1.165, 1.54) is 0 Å². The predicted molar refractivity (Wildman–Crippen MR) is 93.6 cm³/mol. The minimum absolute atomic E-state index is 0.253. The first kappa shape index (κ1) is 17.1. The molecular weight excluding hydrogens is 343 g/mol. The van der Waals surface area contributed by atoms with E-state index in [0.717, 1.165) is 11.3 Å². The summed E-state index contributed by atoms with van der Waals surface area (Å²) in [6, 6.07) is 6.33. The number of hydrogen-bond acceptors (Lipinski definition) is 4. The van der Waals surface area contributed by atoms with Crippen molar-refractivity contribution in [2.45, 2.75) is 12.5 Å². The molecule has 1 aromatic carbocycles. The SMILES string of the molecule is CSCC[C@H](N)C(=O)Nc1cc(-c2cc(Cl)cc(Cl)c2)[nH]n1. The van der Waals surface area contributed by atoms with Crippen molar-refractivity contribution in [1.29, 1.82) is 0 Å². The van der Waals surface area contributed by atoms with E-state index in [0.29, 0.717) is 28.0 Å². The van der Waals surface area contributed by atoms with E-state index in [9.17, 15) is 4.79 Å². The van der Waals surface area contributed by atoms with Gasteiger partial charge in [-0.2, -0.15) is 16.9 Å². The normalized spacial score (nSPS) is 12.2. The zero-order chi connectivity index (χ0) is 16.1. The summed E-state index contributed by atoms with van der Waals surface area (Å²) < 4.78 is 0. The van der Waals surface area contributed by atoms with Crippen molar-refractivity contribution >= 4 is 46.7 Å². The van der Waals surface area contributed by atoms with Crippen molar-refractivity contribution in [1.82, 2.24) is 10.2 Å². The highest BCUT2D eigenvalue weighted by Gasteiger charge is 2.15. The summed E-state index contributed by atoms with van der Waals surface area (Å²) in [5.41, 5.74) is 7.31. The molecule has 0 aliphatic rings. The van der Waals surface area contributed by atoms with Crippen LogP contribution >= 0.6 is 35.0 Å². The second-order valence-corrected chi connectivity index (χ2v) is 6.56. The van der Waals surface area contributed by atoms with Crippen molar-refractivity contribution in [2.24, 2.45) is 5.73 Å². The number of aromatic amines is 1. The fraction of sp³-hybridized carbons (Fsp3) is 0.286. The Hall–Kier alpha value is -1.21. The molecule has 0 fully saturated rings. The fourth-order valence-corrected chi connectivity index (χ4v) is 2.85. The molecule has 0 spiro atoms. The summed E-state index contributed by atoms with van der Waals surface area (Å²) in [5, 5.41) is 10.6. The van der Waals surface area contributed by atoms with Crippen molar-refractivity contribution in [3.8, 4) is 11.3 Å². The Morgan fingerprint density at radius 2 is 2.05 bits per heavy atom. The van der Waals surface area contributed by atoms with Gasteiger partial charge < -0.3 is 11.1 Å². The molecule has 0 saturated heterocycles. The molecule has 8 heteroatoms. The molecular formula is C14H16Cl2N4OS. The minimum Gasteiger partial charge on any atom is -0.320 e. The first-order valence-corrected chi connectivity index (χ1v) is 8.72. The van der Waals surface area contributed by atoms with E-state index in [4.69, 9.17) is 28.9 Å². The van der Waals surface area contributed by atoms with Crippen LogP contribution in [0.5, 0.6) is 0 Å². The molecule has 0 aliphatic carbocycles. The maximum absolute atomic E-state index is 11.9. The van der Waals surface area contributed by atoms with Gasteiger partial charge >= 0.3 is 0 Å². The summed E-state index contributed by atoms with van der Waals surface area (Å²) in [6.45, 7) is 0. The van der Waals surface area contributed by atoms with Crippen LogP contribution in [0.4, 0.5) is 5.82 Å². The zero-order valence-corrected chi connectivity index (χ0v) is 14.2. The number of anilines is 1. The zero-order valence-electron chi connectivity index (χ0n) is 11.9. The second-order valence-electron chi connectivity index (χ2n) is 4.70. The summed E-state index contributed by atoms with van der Waals surface area (Å²) in [4.78, 5) is 11.9. The number of carbonyl (C=O) groups excluding carboxylic acids is 1. The third-order valence-corrected chi connectivity index (χ3v) is 4.05. The van der Waals surface area contributed by atoms with Crippen LogP contribution in [0.25, 0.3) is 11.3 Å². The molecule has 1 aromatic heterocycles. The van der Waals surface area contributed by atoms with Crippen molar-refractivity contribution in [2.75, 3.05) is 17.3 Å². The third kappa shape index (κ3) is 4.64. The van der Waals surface area contributed by atoms with Crippen LogP contribution in [-0.2, 0) is 4.79 Å². The van der Waals surface area contributed by atoms with Crippen LogP contribution < -0.4 is 11.1 Å². The highest BCUT2D eigenvalue weighted by molar-refractivity contribution is 7.98. The number of nitrogens with one attached hydrogen (secondary N) is 2. The number of amides is 1. The molecule has 1 heterocycles. The largest absolute Gasteiger partial charge is 0.320 e. The molecule has 0 radical (unpaired) electrons. The van der Waals surface area contributed by atoms with Gasteiger partial charge in [0.05, 0.1) is 11.7 Å². The molecule has 1 amide bonds. The van der Waals surface area contributed by atoms with Crippen molar-refractivity contribution in [3.05, 3.63) is 34.3 Å². The Balaban J connectivity index is 2.06. The molecule has 1 atom stereocenters. The van der Waals surface area contributed by atoms with E-state index < -0.39 is 6.04 Å². The Morgan fingerprint density at radius 3 is 2.68 bits per heavy atom. The smallest absolute Gasteiger partial charge is 0.242 e. The number of benzene rings is 1. The molecule has 0 saturated carbocycles. The standard InChI is InChI=1S/C14H16Cl2N4OS/c1-22-3-2-11(17)14(21)18-13-7-12(19-20-13)8-4-9(15)6-10(16)5-8/h4-7,11H,2-3,17H2,1H3,(H2,18,19,20,21)/t11-/m0/s1. The molecule has 22 heavy (non-hydrogen) atoms. The topological polar surface area (TPSA) is 83.8 Å². The monoisotopic (exact) mass is 358 g/mol. The van der Waals surface area contributed by atoms with Crippen LogP contribution in [0.2, 0.25) is 10.0 Å². The Kier molecular flexibility index (Phi) is 6.14. The quantitative estimate of drug-likeness (QED) is 0.738. The van der Waals surface area contributed by atoms with Gasteiger partial charge in [0.15, 0.2) is 5.82 Å². The first-order chi connectivity index (χ1) is 10.5. The molecule has 4 N–H and O–H groups in total. The summed E-state index contributed by atoms with van der Waals surface area (Å²) in [5.74, 6) is 0.994. The van der Waals surface area contributed by atoms with Gasteiger partial charge in [0, 0.05) is 21.7 Å². The van der Waals surface area contributed by atoms with Gasteiger partial charge in [0.2, 0.25) is 5.91 Å². The lowest BCUT2D eigenvalue weighted by Gasteiger charge is -2.09. The van der Waals surface area contributed by atoms with Crippen LogP contribution in [0.15, 0.2) is 24.3 Å².